The van der Waals surface area contributed by atoms with Crippen LogP contribution in [0.4, 0.5) is 0 Å². The number of benzene rings is 3. The molecule has 178 valence electrons. The van der Waals surface area contributed by atoms with Gasteiger partial charge in [0.05, 0.1) is 28.7 Å². The zero-order chi connectivity index (χ0) is 24.9. The maximum Gasteiger partial charge on any atom is 0.344 e. The molecule has 0 spiro atoms. The second-order valence-electron chi connectivity index (χ2n) is 7.54. The Balaban J connectivity index is 1.82. The molecule has 0 aliphatic carbocycles. The molecule has 0 saturated heterocycles. The fourth-order valence-electron chi connectivity index (χ4n) is 3.40. The molecule has 4 rings (SSSR count). The van der Waals surface area contributed by atoms with E-state index in [0.29, 0.717) is 28.9 Å². The van der Waals surface area contributed by atoms with E-state index < -0.39 is 12.1 Å². The number of ether oxygens (including phenoxy) is 2. The van der Waals surface area contributed by atoms with Crippen LogP contribution in [0.1, 0.15) is 19.4 Å². The zero-order valence-electron chi connectivity index (χ0n) is 19.0. The molecule has 0 unspecified atom stereocenters. The minimum atomic E-state index is -1.13. The number of fused-ring (bicyclic) bond motifs is 1. The van der Waals surface area contributed by atoms with Crippen LogP contribution < -0.4 is 15.0 Å². The summed E-state index contributed by atoms with van der Waals surface area (Å²) in [6, 6.07) is 19.5. The number of halogens is 1. The second kappa shape index (κ2) is 10.4. The molecule has 0 aliphatic heterocycles. The summed E-state index contributed by atoms with van der Waals surface area (Å²) in [5.74, 6) is -0.361. The summed E-state index contributed by atoms with van der Waals surface area (Å²) in [7, 11) is 0. The van der Waals surface area contributed by atoms with Crippen LogP contribution in [0.25, 0.3) is 22.3 Å². The number of carboxylic acid groups (broad SMARTS) is 1. The first-order valence-electron chi connectivity index (χ1n) is 10.9. The molecule has 0 amide bonds. The van der Waals surface area contributed by atoms with E-state index in [0.717, 1.165) is 5.56 Å². The van der Waals surface area contributed by atoms with Gasteiger partial charge >= 0.3 is 5.97 Å². The molecular formula is C26H22ClN3O5. The van der Waals surface area contributed by atoms with E-state index in [2.05, 4.69) is 10.1 Å². The van der Waals surface area contributed by atoms with E-state index in [-0.39, 0.29) is 22.1 Å². The van der Waals surface area contributed by atoms with Crippen molar-refractivity contribution in [1.29, 1.82) is 0 Å². The van der Waals surface area contributed by atoms with E-state index in [1.54, 1.807) is 37.3 Å². The predicted molar refractivity (Wildman–Crippen MR) is 135 cm³/mol. The maximum atomic E-state index is 13.3. The summed E-state index contributed by atoms with van der Waals surface area (Å²) in [4.78, 5) is 29.2. The first-order valence-corrected chi connectivity index (χ1v) is 11.2. The van der Waals surface area contributed by atoms with Crippen LogP contribution in [-0.2, 0) is 4.79 Å². The minimum absolute atomic E-state index is 0.120. The number of nitrogens with zero attached hydrogens (tertiary/aromatic N) is 3. The number of hydrogen-bond donors (Lipinski definition) is 1. The van der Waals surface area contributed by atoms with Crippen molar-refractivity contribution in [3.05, 3.63) is 87.7 Å². The van der Waals surface area contributed by atoms with Gasteiger partial charge in [-0.2, -0.15) is 9.78 Å². The SMILES string of the molecule is CCOc1cc(C=Nn2c(-c3ccccc3)nc3ccccc3c2=O)cc(Cl)c1O[C@@H](C)C(=O)O. The van der Waals surface area contributed by atoms with Crippen molar-refractivity contribution in [3.63, 3.8) is 0 Å². The Morgan fingerprint density at radius 2 is 1.89 bits per heavy atom. The molecule has 0 aliphatic rings. The van der Waals surface area contributed by atoms with Crippen LogP contribution in [0.3, 0.4) is 0 Å². The highest BCUT2D eigenvalue weighted by molar-refractivity contribution is 6.32. The van der Waals surface area contributed by atoms with Gasteiger partial charge in [0.1, 0.15) is 0 Å². The number of carboxylic acids is 1. The number of aromatic nitrogens is 2. The average Bonchev–Trinajstić information content (AvgIpc) is 2.86. The van der Waals surface area contributed by atoms with Crippen LogP contribution in [0.2, 0.25) is 5.02 Å². The summed E-state index contributed by atoms with van der Waals surface area (Å²) < 4.78 is 12.3. The van der Waals surface area contributed by atoms with E-state index in [1.807, 2.05) is 36.4 Å². The molecule has 1 atom stereocenters. The molecule has 4 aromatic rings. The Labute approximate surface area is 206 Å². The van der Waals surface area contributed by atoms with Crippen molar-refractivity contribution in [2.24, 2.45) is 5.10 Å². The molecular weight excluding hydrogens is 470 g/mol. The Bertz CT molecular complexity index is 1470. The van der Waals surface area contributed by atoms with E-state index in [9.17, 15) is 14.7 Å². The third-order valence-electron chi connectivity index (χ3n) is 5.08. The lowest BCUT2D eigenvalue weighted by Gasteiger charge is -2.16. The van der Waals surface area contributed by atoms with Crippen molar-refractivity contribution >= 4 is 34.7 Å². The predicted octanol–water partition coefficient (Wildman–Crippen LogP) is 4.85. The average molecular weight is 492 g/mol. The van der Waals surface area contributed by atoms with Crippen molar-refractivity contribution in [2.45, 2.75) is 20.0 Å². The van der Waals surface area contributed by atoms with Gasteiger partial charge in [-0.25, -0.2) is 9.78 Å². The van der Waals surface area contributed by atoms with Crippen LogP contribution in [0.5, 0.6) is 11.5 Å². The standard InChI is InChI=1S/C26H22ClN3O5/c1-3-34-22-14-17(13-20(27)23(22)35-16(2)26(32)33)15-28-30-24(18-9-5-4-6-10-18)29-21-12-8-7-11-19(21)25(30)31/h4-16H,3H2,1-2H3,(H,32,33)/t16-/m0/s1. The summed E-state index contributed by atoms with van der Waals surface area (Å²) in [6.45, 7) is 3.49. The topological polar surface area (TPSA) is 103 Å². The quantitative estimate of drug-likeness (QED) is 0.353. The number of para-hydroxylation sites is 1. The lowest BCUT2D eigenvalue weighted by atomic mass is 10.2. The molecule has 0 saturated carbocycles. The van der Waals surface area contributed by atoms with E-state index >= 15 is 0 Å². The van der Waals surface area contributed by atoms with Gasteiger partial charge in [-0.05, 0) is 43.7 Å². The molecule has 0 bridgehead atoms. The zero-order valence-corrected chi connectivity index (χ0v) is 19.8. The highest BCUT2D eigenvalue weighted by atomic mass is 35.5. The van der Waals surface area contributed by atoms with Crippen LogP contribution in [-0.4, -0.2) is 39.7 Å². The molecule has 1 heterocycles. The number of aliphatic carboxylic acids is 1. The van der Waals surface area contributed by atoms with Gasteiger partial charge in [0.2, 0.25) is 0 Å². The van der Waals surface area contributed by atoms with Crippen molar-refractivity contribution in [1.82, 2.24) is 9.66 Å². The smallest absolute Gasteiger partial charge is 0.344 e. The normalized spacial score (nSPS) is 12.1. The lowest BCUT2D eigenvalue weighted by Crippen LogP contribution is -2.23. The molecule has 35 heavy (non-hydrogen) atoms. The molecule has 9 heteroatoms. The van der Waals surface area contributed by atoms with Crippen molar-refractivity contribution < 1.29 is 19.4 Å². The van der Waals surface area contributed by atoms with Gasteiger partial charge < -0.3 is 14.6 Å². The van der Waals surface area contributed by atoms with Crippen molar-refractivity contribution in [3.8, 4) is 22.9 Å². The van der Waals surface area contributed by atoms with Gasteiger partial charge in [0.25, 0.3) is 5.56 Å². The third kappa shape index (κ3) is 5.17. The third-order valence-corrected chi connectivity index (χ3v) is 5.36. The number of rotatable bonds is 8. The van der Waals surface area contributed by atoms with Gasteiger partial charge in [-0.15, -0.1) is 0 Å². The summed E-state index contributed by atoms with van der Waals surface area (Å²) in [6.07, 6.45) is 0.338. The van der Waals surface area contributed by atoms with E-state index in [4.69, 9.17) is 21.1 Å². The Morgan fingerprint density at radius 1 is 1.17 bits per heavy atom. The maximum absolute atomic E-state index is 13.3. The van der Waals surface area contributed by atoms with E-state index in [1.165, 1.54) is 17.8 Å². The van der Waals surface area contributed by atoms with Gasteiger partial charge in [-0.1, -0.05) is 54.1 Å². The van der Waals surface area contributed by atoms with Crippen LogP contribution in [0.15, 0.2) is 76.6 Å². The number of carbonyl (C=O) groups is 1. The van der Waals surface area contributed by atoms with Crippen LogP contribution in [0, 0.1) is 0 Å². The molecule has 0 radical (unpaired) electrons. The largest absolute Gasteiger partial charge is 0.490 e. The lowest BCUT2D eigenvalue weighted by molar-refractivity contribution is -0.144. The molecule has 8 nitrogen and oxygen atoms in total. The fraction of sp³-hybridized carbons (Fsp3) is 0.154. The summed E-state index contributed by atoms with van der Waals surface area (Å²) in [5.41, 5.74) is 1.50. The Morgan fingerprint density at radius 3 is 2.60 bits per heavy atom. The second-order valence-corrected chi connectivity index (χ2v) is 7.95. The Hall–Kier alpha value is -4.17. The molecule has 1 N–H and O–H groups in total. The van der Waals surface area contributed by atoms with Crippen molar-refractivity contribution in [2.75, 3.05) is 6.61 Å². The highest BCUT2D eigenvalue weighted by Gasteiger charge is 2.19. The van der Waals surface area contributed by atoms with Gasteiger partial charge in [0.15, 0.2) is 23.4 Å². The first-order chi connectivity index (χ1) is 16.9. The monoisotopic (exact) mass is 491 g/mol. The fourth-order valence-corrected chi connectivity index (χ4v) is 3.66. The van der Waals surface area contributed by atoms with Crippen LogP contribution >= 0.6 is 11.6 Å². The first kappa shape index (κ1) is 24.0. The molecule has 0 fully saturated rings. The van der Waals surface area contributed by atoms with Gasteiger partial charge in [-0.3, -0.25) is 4.79 Å². The summed E-state index contributed by atoms with van der Waals surface area (Å²) >= 11 is 6.40. The molecule has 1 aromatic heterocycles. The van der Waals surface area contributed by atoms with Gasteiger partial charge in [0, 0.05) is 5.56 Å². The Kier molecular flexibility index (Phi) is 7.12. The molecule has 3 aromatic carbocycles. The highest BCUT2D eigenvalue weighted by Crippen LogP contribution is 2.37. The minimum Gasteiger partial charge on any atom is -0.490 e. The number of hydrogen-bond acceptors (Lipinski definition) is 6. The summed E-state index contributed by atoms with van der Waals surface area (Å²) in [5, 5.41) is 14.2.